The van der Waals surface area contributed by atoms with Gasteiger partial charge in [-0.05, 0) is 47.7 Å². The molecule has 2 amide bonds. The first-order valence-corrected chi connectivity index (χ1v) is 8.79. The van der Waals surface area contributed by atoms with E-state index in [4.69, 9.17) is 0 Å². The Morgan fingerprint density at radius 1 is 1.20 bits per heavy atom. The number of fused-ring (bicyclic) bond motifs is 2. The van der Waals surface area contributed by atoms with Crippen LogP contribution in [0.3, 0.4) is 0 Å². The Morgan fingerprint density at radius 3 is 2.92 bits per heavy atom. The van der Waals surface area contributed by atoms with E-state index < -0.39 is 6.10 Å². The van der Waals surface area contributed by atoms with E-state index in [-0.39, 0.29) is 12.1 Å². The SMILES string of the molecule is CN1CCCc2cc(NC(=O)N[C@H]3c4ccccc4C[C@H]3O)ccc21. The second-order valence-corrected chi connectivity index (χ2v) is 6.92. The van der Waals surface area contributed by atoms with Crippen molar-refractivity contribution < 1.29 is 9.90 Å². The van der Waals surface area contributed by atoms with Crippen molar-refractivity contribution in [3.8, 4) is 0 Å². The minimum atomic E-state index is -0.583. The molecule has 0 spiro atoms. The molecule has 0 bridgehead atoms. The number of carbonyl (C=O) groups excluding carboxylic acids is 1. The lowest BCUT2D eigenvalue weighted by Crippen LogP contribution is -2.36. The predicted molar refractivity (Wildman–Crippen MR) is 99.1 cm³/mol. The number of hydrogen-bond donors (Lipinski definition) is 3. The molecule has 1 heterocycles. The normalized spacial score (nSPS) is 21.4. The Kier molecular flexibility index (Phi) is 4.09. The van der Waals surface area contributed by atoms with Crippen LogP contribution in [0.1, 0.15) is 29.2 Å². The van der Waals surface area contributed by atoms with E-state index in [1.165, 1.54) is 11.3 Å². The second-order valence-electron chi connectivity index (χ2n) is 6.92. The zero-order valence-electron chi connectivity index (χ0n) is 14.3. The highest BCUT2D eigenvalue weighted by Crippen LogP contribution is 2.32. The number of benzene rings is 2. The first-order chi connectivity index (χ1) is 12.1. The first-order valence-electron chi connectivity index (χ1n) is 8.79. The lowest BCUT2D eigenvalue weighted by molar-refractivity contribution is 0.144. The van der Waals surface area contributed by atoms with Gasteiger partial charge in [0.1, 0.15) is 0 Å². The van der Waals surface area contributed by atoms with Gasteiger partial charge in [0.25, 0.3) is 0 Å². The van der Waals surface area contributed by atoms with E-state index >= 15 is 0 Å². The van der Waals surface area contributed by atoms with Gasteiger partial charge < -0.3 is 20.6 Å². The third-order valence-electron chi connectivity index (χ3n) is 5.18. The van der Waals surface area contributed by atoms with Crippen molar-refractivity contribution in [2.45, 2.75) is 31.4 Å². The van der Waals surface area contributed by atoms with Gasteiger partial charge in [-0.3, -0.25) is 0 Å². The summed E-state index contributed by atoms with van der Waals surface area (Å²) in [5.74, 6) is 0. The summed E-state index contributed by atoms with van der Waals surface area (Å²) in [6.45, 7) is 1.07. The average molecular weight is 337 g/mol. The van der Waals surface area contributed by atoms with E-state index in [2.05, 4.69) is 28.6 Å². The topological polar surface area (TPSA) is 64.6 Å². The maximum atomic E-state index is 12.4. The Labute approximate surface area is 147 Å². The van der Waals surface area contributed by atoms with E-state index in [1.54, 1.807) is 0 Å². The number of amides is 2. The van der Waals surface area contributed by atoms with Crippen molar-refractivity contribution in [1.82, 2.24) is 5.32 Å². The predicted octanol–water partition coefficient (Wildman–Crippen LogP) is 2.85. The van der Waals surface area contributed by atoms with Gasteiger partial charge in [-0.25, -0.2) is 4.79 Å². The Balaban J connectivity index is 1.46. The molecule has 0 saturated heterocycles. The van der Waals surface area contributed by atoms with Gasteiger partial charge in [0.05, 0.1) is 12.1 Å². The molecule has 0 radical (unpaired) electrons. The summed E-state index contributed by atoms with van der Waals surface area (Å²) < 4.78 is 0. The number of aliphatic hydroxyl groups excluding tert-OH is 1. The average Bonchev–Trinajstić information content (AvgIpc) is 2.91. The third kappa shape index (κ3) is 3.07. The molecular formula is C20H23N3O2. The number of nitrogens with one attached hydrogen (secondary N) is 2. The molecule has 25 heavy (non-hydrogen) atoms. The van der Waals surface area contributed by atoms with Crippen LogP contribution in [-0.4, -0.2) is 30.8 Å². The summed E-state index contributed by atoms with van der Waals surface area (Å²) in [5, 5.41) is 16.1. The van der Waals surface area contributed by atoms with E-state index in [0.29, 0.717) is 6.42 Å². The Bertz CT molecular complexity index is 805. The molecular weight excluding hydrogens is 314 g/mol. The van der Waals surface area contributed by atoms with Crippen molar-refractivity contribution in [1.29, 1.82) is 0 Å². The number of anilines is 2. The molecule has 2 aromatic rings. The number of hydrogen-bond acceptors (Lipinski definition) is 3. The van der Waals surface area contributed by atoms with Gasteiger partial charge >= 0.3 is 6.03 Å². The molecule has 2 atom stereocenters. The molecule has 5 nitrogen and oxygen atoms in total. The first kappa shape index (κ1) is 16.0. The molecule has 4 rings (SSSR count). The molecule has 0 saturated carbocycles. The fraction of sp³-hybridized carbons (Fsp3) is 0.350. The summed E-state index contributed by atoms with van der Waals surface area (Å²) >= 11 is 0. The largest absolute Gasteiger partial charge is 0.390 e. The molecule has 0 unspecified atom stereocenters. The highest BCUT2D eigenvalue weighted by atomic mass is 16.3. The number of urea groups is 1. The highest BCUT2D eigenvalue weighted by Gasteiger charge is 2.31. The molecule has 2 aromatic carbocycles. The van der Waals surface area contributed by atoms with Crippen LogP contribution < -0.4 is 15.5 Å². The van der Waals surface area contributed by atoms with Crippen molar-refractivity contribution in [2.75, 3.05) is 23.8 Å². The van der Waals surface area contributed by atoms with Crippen LogP contribution in [0.15, 0.2) is 42.5 Å². The molecule has 3 N–H and O–H groups in total. The molecule has 2 aliphatic rings. The minimum Gasteiger partial charge on any atom is -0.390 e. The zero-order chi connectivity index (χ0) is 17.4. The molecule has 1 aliphatic heterocycles. The van der Waals surface area contributed by atoms with Crippen LogP contribution in [0.2, 0.25) is 0 Å². The van der Waals surface area contributed by atoms with Crippen molar-refractivity contribution in [2.24, 2.45) is 0 Å². The van der Waals surface area contributed by atoms with Gasteiger partial charge in [0.15, 0.2) is 0 Å². The summed E-state index contributed by atoms with van der Waals surface area (Å²) in [7, 11) is 2.09. The molecule has 1 aliphatic carbocycles. The fourth-order valence-electron chi connectivity index (χ4n) is 3.92. The highest BCUT2D eigenvalue weighted by molar-refractivity contribution is 5.90. The van der Waals surface area contributed by atoms with E-state index in [1.807, 2.05) is 36.4 Å². The van der Waals surface area contributed by atoms with Gasteiger partial charge in [0, 0.05) is 31.4 Å². The van der Waals surface area contributed by atoms with Crippen LogP contribution >= 0.6 is 0 Å². The number of rotatable bonds is 2. The standard InChI is InChI=1S/C20H23N3O2/c1-23-10-4-6-14-11-15(8-9-17(14)23)21-20(25)22-19-16-7-3-2-5-13(16)12-18(19)24/h2-3,5,7-9,11,18-19,24H,4,6,10,12H2,1H3,(H2,21,22,25)/t18-,19+/m1/s1. The smallest absolute Gasteiger partial charge is 0.319 e. The van der Waals surface area contributed by atoms with Crippen molar-refractivity contribution in [3.63, 3.8) is 0 Å². The summed E-state index contributed by atoms with van der Waals surface area (Å²) in [4.78, 5) is 14.7. The zero-order valence-corrected chi connectivity index (χ0v) is 14.3. The number of aryl methyl sites for hydroxylation is 1. The summed E-state index contributed by atoms with van der Waals surface area (Å²) in [6, 6.07) is 13.2. The van der Waals surface area contributed by atoms with Crippen LogP contribution in [-0.2, 0) is 12.8 Å². The summed E-state index contributed by atoms with van der Waals surface area (Å²) in [6.07, 6.45) is 2.16. The van der Waals surface area contributed by atoms with Crippen LogP contribution in [0.25, 0.3) is 0 Å². The number of carbonyl (C=O) groups is 1. The number of aliphatic hydroxyl groups is 1. The monoisotopic (exact) mass is 337 g/mol. The van der Waals surface area contributed by atoms with Crippen molar-refractivity contribution in [3.05, 3.63) is 59.2 Å². The molecule has 5 heteroatoms. The minimum absolute atomic E-state index is 0.287. The quantitative estimate of drug-likeness (QED) is 0.789. The summed E-state index contributed by atoms with van der Waals surface area (Å²) in [5.41, 5.74) is 5.37. The van der Waals surface area contributed by atoms with Gasteiger partial charge in [-0.2, -0.15) is 0 Å². The van der Waals surface area contributed by atoms with E-state index in [0.717, 1.165) is 36.2 Å². The third-order valence-corrected chi connectivity index (χ3v) is 5.18. The molecule has 130 valence electrons. The van der Waals surface area contributed by atoms with Crippen LogP contribution in [0, 0.1) is 0 Å². The van der Waals surface area contributed by atoms with Crippen molar-refractivity contribution >= 4 is 17.4 Å². The van der Waals surface area contributed by atoms with Crippen LogP contribution in [0.5, 0.6) is 0 Å². The maximum Gasteiger partial charge on any atom is 0.319 e. The maximum absolute atomic E-state index is 12.4. The van der Waals surface area contributed by atoms with Gasteiger partial charge in [-0.1, -0.05) is 24.3 Å². The Morgan fingerprint density at radius 2 is 2.04 bits per heavy atom. The Hall–Kier alpha value is -2.53. The van der Waals surface area contributed by atoms with E-state index in [9.17, 15) is 9.90 Å². The molecule has 0 fully saturated rings. The second kappa shape index (κ2) is 6.41. The van der Waals surface area contributed by atoms with Gasteiger partial charge in [0.2, 0.25) is 0 Å². The lowest BCUT2D eigenvalue weighted by atomic mass is 10.0. The molecule has 0 aromatic heterocycles. The number of nitrogens with zero attached hydrogens (tertiary/aromatic N) is 1. The van der Waals surface area contributed by atoms with Crippen LogP contribution in [0.4, 0.5) is 16.2 Å². The van der Waals surface area contributed by atoms with Gasteiger partial charge in [-0.15, -0.1) is 0 Å². The fourth-order valence-corrected chi connectivity index (χ4v) is 3.92. The lowest BCUT2D eigenvalue weighted by Gasteiger charge is -2.28.